The number of benzene rings is 1. The maximum Gasteiger partial charge on any atom is 0.233 e. The summed E-state index contributed by atoms with van der Waals surface area (Å²) in [5, 5.41) is 12.6. The number of aliphatic hydroxyl groups excluding tert-OH is 1. The molecular weight excluding hydrogens is 294 g/mol. The third kappa shape index (κ3) is 5.35. The number of carbonyl (C=O) groups excluding carboxylic acids is 1. The number of amides is 1. The Morgan fingerprint density at radius 2 is 2.05 bits per heavy atom. The van der Waals surface area contributed by atoms with Crippen LogP contribution in [-0.2, 0) is 4.79 Å². The summed E-state index contributed by atoms with van der Waals surface area (Å²) in [5.41, 5.74) is -0.347. The Morgan fingerprint density at radius 3 is 2.55 bits per heavy atom. The fourth-order valence-corrected chi connectivity index (χ4v) is 2.74. The molecule has 0 aliphatic carbocycles. The predicted octanol–water partition coefficient (Wildman–Crippen LogP) is 3.49. The van der Waals surface area contributed by atoms with Gasteiger partial charge in [-0.3, -0.25) is 4.79 Å². The van der Waals surface area contributed by atoms with Crippen LogP contribution in [0.5, 0.6) is 0 Å². The molecule has 0 aromatic heterocycles. The summed E-state index contributed by atoms with van der Waals surface area (Å²) in [7, 11) is 0. The second-order valence-corrected chi connectivity index (χ2v) is 6.94. The molecule has 2 atom stereocenters. The zero-order valence-corrected chi connectivity index (χ0v) is 13.7. The first-order valence-electron chi connectivity index (χ1n) is 6.75. The van der Waals surface area contributed by atoms with Crippen molar-refractivity contribution >= 4 is 29.3 Å². The second-order valence-electron chi connectivity index (χ2n) is 5.09. The predicted molar refractivity (Wildman–Crippen MR) is 85.3 cm³/mol. The van der Waals surface area contributed by atoms with Crippen molar-refractivity contribution < 1.29 is 9.90 Å². The van der Waals surface area contributed by atoms with E-state index in [1.54, 1.807) is 0 Å². The van der Waals surface area contributed by atoms with E-state index < -0.39 is 0 Å². The van der Waals surface area contributed by atoms with Gasteiger partial charge >= 0.3 is 0 Å². The minimum atomic E-state index is -0.347. The van der Waals surface area contributed by atoms with Crippen molar-refractivity contribution in [3.63, 3.8) is 0 Å². The van der Waals surface area contributed by atoms with Gasteiger partial charge < -0.3 is 10.4 Å². The number of aliphatic hydroxyl groups is 1. The summed E-state index contributed by atoms with van der Waals surface area (Å²) in [6, 6.07) is 7.44. The number of thioether (sulfide) groups is 1. The van der Waals surface area contributed by atoms with E-state index >= 15 is 0 Å². The lowest BCUT2D eigenvalue weighted by molar-refractivity contribution is -0.122. The molecular formula is C15H22ClNO2S. The Morgan fingerprint density at radius 1 is 1.45 bits per heavy atom. The lowest BCUT2D eigenvalue weighted by Gasteiger charge is -2.30. The first-order chi connectivity index (χ1) is 9.40. The quantitative estimate of drug-likeness (QED) is 0.757. The number of halogens is 1. The molecule has 0 saturated heterocycles. The molecule has 0 radical (unpaired) electrons. The molecule has 0 saturated carbocycles. The second kappa shape index (κ2) is 7.91. The van der Waals surface area contributed by atoms with Crippen molar-refractivity contribution in [3.8, 4) is 0 Å². The molecule has 112 valence electrons. The summed E-state index contributed by atoms with van der Waals surface area (Å²) >= 11 is 7.34. The van der Waals surface area contributed by atoms with Gasteiger partial charge in [0, 0.05) is 22.1 Å². The molecule has 1 amide bonds. The highest BCUT2D eigenvalue weighted by molar-refractivity contribution is 8.00. The minimum Gasteiger partial charge on any atom is -0.396 e. The van der Waals surface area contributed by atoms with Crippen LogP contribution in [-0.4, -0.2) is 28.4 Å². The van der Waals surface area contributed by atoms with Crippen molar-refractivity contribution in [1.29, 1.82) is 0 Å². The zero-order valence-electron chi connectivity index (χ0n) is 12.1. The van der Waals surface area contributed by atoms with Gasteiger partial charge in [0.15, 0.2) is 0 Å². The molecule has 0 bridgehead atoms. The summed E-state index contributed by atoms with van der Waals surface area (Å²) in [4.78, 5) is 13.2. The van der Waals surface area contributed by atoms with Gasteiger partial charge in [0.25, 0.3) is 0 Å². The fraction of sp³-hybridized carbons (Fsp3) is 0.533. The van der Waals surface area contributed by atoms with Crippen molar-refractivity contribution in [2.75, 3.05) is 6.61 Å². The summed E-state index contributed by atoms with van der Waals surface area (Å²) in [6.45, 7) is 5.92. The maximum absolute atomic E-state index is 12.2. The third-order valence-electron chi connectivity index (χ3n) is 3.36. The Hall–Kier alpha value is -0.710. The van der Waals surface area contributed by atoms with Crippen LogP contribution in [0.2, 0.25) is 5.02 Å². The van der Waals surface area contributed by atoms with Crippen LogP contribution in [0.1, 0.15) is 33.6 Å². The van der Waals surface area contributed by atoms with Gasteiger partial charge in [-0.15, -0.1) is 11.8 Å². The van der Waals surface area contributed by atoms with Crippen LogP contribution in [0, 0.1) is 0 Å². The van der Waals surface area contributed by atoms with E-state index in [0.29, 0.717) is 11.4 Å². The minimum absolute atomic E-state index is 0.0113. The van der Waals surface area contributed by atoms with Gasteiger partial charge in [-0.25, -0.2) is 0 Å². The highest BCUT2D eigenvalue weighted by Crippen LogP contribution is 2.25. The number of carbonyl (C=O) groups is 1. The molecule has 1 aromatic carbocycles. The molecule has 0 aliphatic rings. The number of nitrogens with one attached hydrogen (secondary N) is 1. The van der Waals surface area contributed by atoms with Crippen LogP contribution >= 0.6 is 23.4 Å². The van der Waals surface area contributed by atoms with E-state index in [4.69, 9.17) is 16.7 Å². The summed E-state index contributed by atoms with van der Waals surface area (Å²) in [5.74, 6) is -0.0113. The number of hydrogen-bond acceptors (Lipinski definition) is 3. The Bertz CT molecular complexity index is 438. The summed E-state index contributed by atoms with van der Waals surface area (Å²) < 4.78 is 0. The molecule has 5 heteroatoms. The summed E-state index contributed by atoms with van der Waals surface area (Å²) in [6.07, 6.45) is 1.35. The SMILES string of the molecule is CCC(C)(CCO)NC(=O)C(C)Sc1ccc(Cl)cc1. The first-order valence-corrected chi connectivity index (χ1v) is 8.01. The van der Waals surface area contributed by atoms with Gasteiger partial charge in [0.05, 0.1) is 5.25 Å². The highest BCUT2D eigenvalue weighted by Gasteiger charge is 2.26. The first kappa shape index (κ1) is 17.3. The normalized spacial score (nSPS) is 15.4. The standard InChI is InChI=1S/C15H22ClNO2S/c1-4-15(3,9-10-18)17-14(19)11(2)20-13-7-5-12(16)6-8-13/h5-8,11,18H,4,9-10H2,1-3H3,(H,17,19). The van der Waals surface area contributed by atoms with Crippen LogP contribution in [0.4, 0.5) is 0 Å². The van der Waals surface area contributed by atoms with Gasteiger partial charge in [0.2, 0.25) is 5.91 Å². The largest absolute Gasteiger partial charge is 0.396 e. The van der Waals surface area contributed by atoms with Crippen LogP contribution in [0.15, 0.2) is 29.2 Å². The lowest BCUT2D eigenvalue weighted by atomic mass is 9.95. The molecule has 1 rings (SSSR count). The van der Waals surface area contributed by atoms with Gasteiger partial charge in [-0.05, 0) is 51.0 Å². The van der Waals surface area contributed by atoms with Crippen molar-refractivity contribution in [2.45, 2.75) is 49.3 Å². The number of rotatable bonds is 7. The van der Waals surface area contributed by atoms with Crippen molar-refractivity contribution in [2.24, 2.45) is 0 Å². The van der Waals surface area contributed by atoms with E-state index in [1.807, 2.05) is 45.0 Å². The van der Waals surface area contributed by atoms with Crippen molar-refractivity contribution in [1.82, 2.24) is 5.32 Å². The Labute approximate surface area is 130 Å². The average molecular weight is 316 g/mol. The lowest BCUT2D eigenvalue weighted by Crippen LogP contribution is -2.48. The van der Waals surface area contributed by atoms with Gasteiger partial charge in [-0.1, -0.05) is 18.5 Å². The smallest absolute Gasteiger partial charge is 0.233 e. The topological polar surface area (TPSA) is 49.3 Å². The number of hydrogen-bond donors (Lipinski definition) is 2. The molecule has 20 heavy (non-hydrogen) atoms. The molecule has 0 aliphatic heterocycles. The fourth-order valence-electron chi connectivity index (χ4n) is 1.74. The molecule has 2 unspecified atom stereocenters. The van der Waals surface area contributed by atoms with E-state index in [9.17, 15) is 4.79 Å². The molecule has 2 N–H and O–H groups in total. The van der Waals surface area contributed by atoms with E-state index in [-0.39, 0.29) is 23.3 Å². The third-order valence-corrected chi connectivity index (χ3v) is 4.73. The Kier molecular flexibility index (Phi) is 6.86. The van der Waals surface area contributed by atoms with Crippen LogP contribution in [0.3, 0.4) is 0 Å². The Balaban J connectivity index is 2.60. The average Bonchev–Trinajstić information content (AvgIpc) is 2.41. The molecule has 0 heterocycles. The van der Waals surface area contributed by atoms with E-state index in [2.05, 4.69) is 5.32 Å². The zero-order chi connectivity index (χ0) is 15.2. The van der Waals surface area contributed by atoms with Crippen LogP contribution in [0.25, 0.3) is 0 Å². The van der Waals surface area contributed by atoms with Gasteiger partial charge in [-0.2, -0.15) is 0 Å². The molecule has 1 aromatic rings. The molecule has 3 nitrogen and oxygen atoms in total. The van der Waals surface area contributed by atoms with E-state index in [1.165, 1.54) is 11.8 Å². The van der Waals surface area contributed by atoms with Gasteiger partial charge in [0.1, 0.15) is 0 Å². The molecule has 0 fully saturated rings. The monoisotopic (exact) mass is 315 g/mol. The maximum atomic E-state index is 12.2. The van der Waals surface area contributed by atoms with Crippen molar-refractivity contribution in [3.05, 3.63) is 29.3 Å². The molecule has 0 spiro atoms. The van der Waals surface area contributed by atoms with E-state index in [0.717, 1.165) is 11.3 Å². The highest BCUT2D eigenvalue weighted by atomic mass is 35.5. The van der Waals surface area contributed by atoms with Crippen LogP contribution < -0.4 is 5.32 Å².